The summed E-state index contributed by atoms with van der Waals surface area (Å²) in [6, 6.07) is 18.9. The molecule has 3 aromatic carbocycles. The SMILES string of the molecule is COC(=O)[C@@H](Cc1ccccc1)NC(=O)COC(=O)c1ccc(OC)c2ccccc12. The Labute approximate surface area is 179 Å². The molecule has 0 saturated carbocycles. The van der Waals surface area contributed by atoms with Crippen LogP contribution >= 0.6 is 0 Å². The monoisotopic (exact) mass is 421 g/mol. The van der Waals surface area contributed by atoms with Crippen LogP contribution in [0.15, 0.2) is 66.7 Å². The standard InChI is InChI=1S/C24H23NO6/c1-29-21-13-12-19(17-10-6-7-11-18(17)21)23(27)31-15-22(26)25-20(24(28)30-2)14-16-8-4-3-5-9-16/h3-13,20H,14-15H2,1-2H3,(H,25,26)/t20-/m1/s1. The Kier molecular flexibility index (Phi) is 7.22. The predicted octanol–water partition coefficient (Wildman–Crippen LogP) is 2.91. The number of esters is 2. The van der Waals surface area contributed by atoms with Crippen LogP contribution in [0.5, 0.6) is 5.75 Å². The molecule has 0 unspecified atom stereocenters. The molecular formula is C24H23NO6. The van der Waals surface area contributed by atoms with Crippen LogP contribution in [0.4, 0.5) is 0 Å². The van der Waals surface area contributed by atoms with Crippen LogP contribution in [-0.4, -0.2) is 44.7 Å². The molecule has 7 heteroatoms. The lowest BCUT2D eigenvalue weighted by Gasteiger charge is -2.17. The van der Waals surface area contributed by atoms with Gasteiger partial charge in [0.05, 0.1) is 19.8 Å². The maximum atomic E-state index is 12.6. The fourth-order valence-corrected chi connectivity index (χ4v) is 3.26. The minimum absolute atomic E-state index is 0.260. The van der Waals surface area contributed by atoms with Gasteiger partial charge in [-0.3, -0.25) is 4.79 Å². The molecule has 0 heterocycles. The molecule has 31 heavy (non-hydrogen) atoms. The van der Waals surface area contributed by atoms with E-state index in [4.69, 9.17) is 14.2 Å². The summed E-state index contributed by atoms with van der Waals surface area (Å²) in [7, 11) is 2.80. The molecule has 0 spiro atoms. The number of methoxy groups -OCH3 is 2. The number of benzene rings is 3. The van der Waals surface area contributed by atoms with Crippen molar-refractivity contribution < 1.29 is 28.6 Å². The van der Waals surface area contributed by atoms with Crippen LogP contribution in [0.1, 0.15) is 15.9 Å². The van der Waals surface area contributed by atoms with Gasteiger partial charge >= 0.3 is 11.9 Å². The number of carbonyl (C=O) groups is 3. The zero-order valence-electron chi connectivity index (χ0n) is 17.3. The number of amides is 1. The Morgan fingerprint density at radius 3 is 2.23 bits per heavy atom. The van der Waals surface area contributed by atoms with Crippen molar-refractivity contribution in [1.29, 1.82) is 0 Å². The molecule has 0 aliphatic rings. The maximum absolute atomic E-state index is 12.6. The van der Waals surface area contributed by atoms with Crippen LogP contribution in [0.25, 0.3) is 10.8 Å². The van der Waals surface area contributed by atoms with Crippen molar-refractivity contribution in [1.82, 2.24) is 5.32 Å². The number of rotatable bonds is 8. The first-order valence-electron chi connectivity index (χ1n) is 9.67. The molecule has 1 amide bonds. The van der Waals surface area contributed by atoms with Gasteiger partial charge in [-0.2, -0.15) is 0 Å². The normalized spacial score (nSPS) is 11.4. The summed E-state index contributed by atoms with van der Waals surface area (Å²) in [4.78, 5) is 37.0. The largest absolute Gasteiger partial charge is 0.496 e. The molecule has 1 N–H and O–H groups in total. The highest BCUT2D eigenvalue weighted by molar-refractivity contribution is 6.06. The van der Waals surface area contributed by atoms with E-state index in [1.807, 2.05) is 42.5 Å². The van der Waals surface area contributed by atoms with Crippen LogP contribution in [0.2, 0.25) is 0 Å². The van der Waals surface area contributed by atoms with E-state index < -0.39 is 30.5 Å². The van der Waals surface area contributed by atoms with E-state index >= 15 is 0 Å². The molecule has 0 aromatic heterocycles. The predicted molar refractivity (Wildman–Crippen MR) is 115 cm³/mol. The summed E-state index contributed by atoms with van der Waals surface area (Å²) in [6.45, 7) is -0.526. The van der Waals surface area contributed by atoms with Gasteiger partial charge in [-0.25, -0.2) is 9.59 Å². The maximum Gasteiger partial charge on any atom is 0.339 e. The molecule has 160 valence electrons. The summed E-state index contributed by atoms with van der Waals surface area (Å²) in [6.07, 6.45) is 0.260. The van der Waals surface area contributed by atoms with Crippen LogP contribution in [0, 0.1) is 0 Å². The summed E-state index contributed by atoms with van der Waals surface area (Å²) >= 11 is 0. The van der Waals surface area contributed by atoms with E-state index in [1.165, 1.54) is 7.11 Å². The molecular weight excluding hydrogens is 398 g/mol. The van der Waals surface area contributed by atoms with Gasteiger partial charge in [0.1, 0.15) is 11.8 Å². The van der Waals surface area contributed by atoms with Crippen molar-refractivity contribution in [2.24, 2.45) is 0 Å². The van der Waals surface area contributed by atoms with Gasteiger partial charge in [0, 0.05) is 11.8 Å². The molecule has 3 aromatic rings. The van der Waals surface area contributed by atoms with E-state index in [0.29, 0.717) is 16.7 Å². The minimum Gasteiger partial charge on any atom is -0.496 e. The van der Waals surface area contributed by atoms with Gasteiger partial charge in [-0.15, -0.1) is 0 Å². The number of fused-ring (bicyclic) bond motifs is 1. The van der Waals surface area contributed by atoms with Crippen molar-refractivity contribution in [2.45, 2.75) is 12.5 Å². The molecule has 3 rings (SSSR count). The average molecular weight is 421 g/mol. The molecule has 1 atom stereocenters. The molecule has 0 saturated heterocycles. The van der Waals surface area contributed by atoms with Crippen molar-refractivity contribution in [3.63, 3.8) is 0 Å². The Hall–Kier alpha value is -3.87. The Balaban J connectivity index is 1.66. The Morgan fingerprint density at radius 2 is 1.55 bits per heavy atom. The van der Waals surface area contributed by atoms with Gasteiger partial charge in [0.15, 0.2) is 6.61 Å². The first kappa shape index (κ1) is 21.8. The van der Waals surface area contributed by atoms with Crippen LogP contribution < -0.4 is 10.1 Å². The first-order chi connectivity index (χ1) is 15.0. The third kappa shape index (κ3) is 5.39. The van der Waals surface area contributed by atoms with Gasteiger partial charge in [-0.1, -0.05) is 54.6 Å². The van der Waals surface area contributed by atoms with Crippen LogP contribution in [-0.2, 0) is 25.5 Å². The van der Waals surface area contributed by atoms with Gasteiger partial charge in [-0.05, 0) is 23.1 Å². The lowest BCUT2D eigenvalue weighted by atomic mass is 10.0. The van der Waals surface area contributed by atoms with Crippen molar-refractivity contribution >= 4 is 28.6 Å². The number of ether oxygens (including phenoxy) is 3. The molecule has 0 bridgehead atoms. The molecule has 0 aliphatic heterocycles. The summed E-state index contributed by atoms with van der Waals surface area (Å²) in [5, 5.41) is 3.99. The second kappa shape index (κ2) is 10.2. The highest BCUT2D eigenvalue weighted by Gasteiger charge is 2.23. The average Bonchev–Trinajstić information content (AvgIpc) is 2.81. The fourth-order valence-electron chi connectivity index (χ4n) is 3.26. The van der Waals surface area contributed by atoms with Crippen molar-refractivity contribution in [3.05, 3.63) is 77.9 Å². The summed E-state index contributed by atoms with van der Waals surface area (Å²) < 4.78 is 15.3. The topological polar surface area (TPSA) is 90.9 Å². The van der Waals surface area contributed by atoms with Gasteiger partial charge < -0.3 is 19.5 Å². The van der Waals surface area contributed by atoms with E-state index in [0.717, 1.165) is 10.9 Å². The minimum atomic E-state index is -0.889. The number of nitrogens with one attached hydrogen (secondary N) is 1. The first-order valence-corrected chi connectivity index (χ1v) is 9.67. The van der Waals surface area contributed by atoms with E-state index in [9.17, 15) is 14.4 Å². The Morgan fingerprint density at radius 1 is 0.871 bits per heavy atom. The lowest BCUT2D eigenvalue weighted by Crippen LogP contribution is -2.44. The van der Waals surface area contributed by atoms with E-state index in [-0.39, 0.29) is 6.42 Å². The van der Waals surface area contributed by atoms with Crippen molar-refractivity contribution in [3.8, 4) is 5.75 Å². The third-order valence-electron chi connectivity index (χ3n) is 4.76. The number of carbonyl (C=O) groups excluding carboxylic acids is 3. The molecule has 0 radical (unpaired) electrons. The molecule has 7 nitrogen and oxygen atoms in total. The smallest absolute Gasteiger partial charge is 0.339 e. The quantitative estimate of drug-likeness (QED) is 0.563. The fraction of sp³-hybridized carbons (Fsp3) is 0.208. The number of hydrogen-bond acceptors (Lipinski definition) is 6. The second-order valence-electron chi connectivity index (χ2n) is 6.77. The zero-order valence-corrected chi connectivity index (χ0v) is 17.3. The van der Waals surface area contributed by atoms with E-state index in [2.05, 4.69) is 5.32 Å². The second-order valence-corrected chi connectivity index (χ2v) is 6.77. The Bertz CT molecular complexity index is 1080. The lowest BCUT2D eigenvalue weighted by molar-refractivity contribution is -0.145. The number of hydrogen-bond donors (Lipinski definition) is 1. The van der Waals surface area contributed by atoms with E-state index in [1.54, 1.807) is 31.4 Å². The van der Waals surface area contributed by atoms with Gasteiger partial charge in [0.25, 0.3) is 5.91 Å². The van der Waals surface area contributed by atoms with Crippen LogP contribution in [0.3, 0.4) is 0 Å². The van der Waals surface area contributed by atoms with Gasteiger partial charge in [0.2, 0.25) is 0 Å². The molecule has 0 aliphatic carbocycles. The highest BCUT2D eigenvalue weighted by Crippen LogP contribution is 2.28. The zero-order chi connectivity index (χ0) is 22.2. The highest BCUT2D eigenvalue weighted by atomic mass is 16.5. The molecule has 0 fully saturated rings. The third-order valence-corrected chi connectivity index (χ3v) is 4.76. The summed E-state index contributed by atoms with van der Waals surface area (Å²) in [5.74, 6) is -1.19. The summed E-state index contributed by atoms with van der Waals surface area (Å²) in [5.41, 5.74) is 1.18. The van der Waals surface area contributed by atoms with Crippen molar-refractivity contribution in [2.75, 3.05) is 20.8 Å².